The molecule has 0 saturated carbocycles. The average molecular weight is 750 g/mol. The zero-order valence-corrected chi connectivity index (χ0v) is 20.4. The summed E-state index contributed by atoms with van der Waals surface area (Å²) < 4.78 is 68.5. The normalized spacial score (nSPS) is 12.7. The zero-order valence-electron chi connectivity index (χ0n) is 13.1. The molecule has 0 N–H and O–H groups in total. The van der Waals surface area contributed by atoms with Gasteiger partial charge >= 0.3 is 21.5 Å². The summed E-state index contributed by atoms with van der Waals surface area (Å²) in [5, 5.41) is 11.8. The van der Waals surface area contributed by atoms with Crippen molar-refractivity contribution in [2.24, 2.45) is 4.40 Å². The summed E-state index contributed by atoms with van der Waals surface area (Å²) >= 11 is 5.96. The van der Waals surface area contributed by atoms with Crippen molar-refractivity contribution < 1.29 is 36.2 Å². The third-order valence-corrected chi connectivity index (χ3v) is 7.98. The summed E-state index contributed by atoms with van der Waals surface area (Å²) in [6, 6.07) is 8.01. The van der Waals surface area contributed by atoms with Gasteiger partial charge in [0, 0.05) is 16.6 Å². The van der Waals surface area contributed by atoms with Gasteiger partial charge in [-0.05, 0) is 97.6 Å². The molecule has 150 valence electrons. The Hall–Kier alpha value is -0.690. The second-order valence-corrected chi connectivity index (χ2v) is 9.95. The van der Waals surface area contributed by atoms with E-state index in [0.29, 0.717) is 7.14 Å². The van der Waals surface area contributed by atoms with E-state index in [-0.39, 0.29) is 11.3 Å². The Morgan fingerprint density at radius 2 is 1.68 bits per heavy atom. The number of hydrogen-bond donors (Lipinski definition) is 0. The van der Waals surface area contributed by atoms with Crippen LogP contribution < -0.4 is 9.84 Å². The Kier molecular flexibility index (Phi) is 7.57. The SMILES string of the molecule is O=C(Oc1cccc(/C([O-])=N/S(=O)(=O)C(F)(F)F)c1)c1c(I)ccc(I)c1I. The van der Waals surface area contributed by atoms with E-state index in [1.54, 1.807) is 6.07 Å². The molecule has 0 fully saturated rings. The highest BCUT2D eigenvalue weighted by Crippen LogP contribution is 2.27. The fraction of sp³-hybridized carbons (Fsp3) is 0.0667. The standard InChI is InChI=1S/C15H7F3I3NO5S/c16-15(17,18)28(25,26)22-13(23)7-2-1-3-8(6-7)27-14(24)11-9(19)4-5-10(20)12(11)21/h1-6H,(H,22,23)/p-1. The van der Waals surface area contributed by atoms with Gasteiger partial charge in [-0.15, -0.1) is 0 Å². The minimum Gasteiger partial charge on any atom is -0.858 e. The van der Waals surface area contributed by atoms with E-state index in [4.69, 9.17) is 4.74 Å². The summed E-state index contributed by atoms with van der Waals surface area (Å²) in [6.45, 7) is 0. The van der Waals surface area contributed by atoms with E-state index in [2.05, 4.69) is 4.40 Å². The molecule has 0 heterocycles. The van der Waals surface area contributed by atoms with Crippen molar-refractivity contribution in [1.82, 2.24) is 0 Å². The summed E-state index contributed by atoms with van der Waals surface area (Å²) in [5.41, 5.74) is -5.88. The number of benzene rings is 2. The number of sulfonamides is 1. The molecule has 2 aromatic carbocycles. The highest BCUT2D eigenvalue weighted by atomic mass is 127. The van der Waals surface area contributed by atoms with Gasteiger partial charge in [-0.3, -0.25) is 0 Å². The van der Waals surface area contributed by atoms with Crippen LogP contribution in [0, 0.1) is 10.7 Å². The lowest BCUT2D eigenvalue weighted by Gasteiger charge is -2.14. The van der Waals surface area contributed by atoms with Gasteiger partial charge in [0.25, 0.3) is 0 Å². The summed E-state index contributed by atoms with van der Waals surface area (Å²) in [6.07, 6.45) is 0. The fourth-order valence-electron chi connectivity index (χ4n) is 1.78. The quantitative estimate of drug-likeness (QED) is 0.119. The molecule has 0 radical (unpaired) electrons. The third kappa shape index (κ3) is 5.47. The number of carbonyl (C=O) groups excluding carboxylic acids is 1. The van der Waals surface area contributed by atoms with Crippen LogP contribution in [0.5, 0.6) is 5.75 Å². The molecule has 2 rings (SSSR count). The van der Waals surface area contributed by atoms with Crippen molar-refractivity contribution in [3.63, 3.8) is 0 Å². The molecule has 0 aromatic heterocycles. The van der Waals surface area contributed by atoms with Crippen molar-refractivity contribution in [1.29, 1.82) is 0 Å². The van der Waals surface area contributed by atoms with Gasteiger partial charge in [-0.2, -0.15) is 26.0 Å². The van der Waals surface area contributed by atoms with Gasteiger partial charge in [0.05, 0.1) is 5.56 Å². The van der Waals surface area contributed by atoms with Crippen LogP contribution in [-0.4, -0.2) is 25.8 Å². The van der Waals surface area contributed by atoms with Crippen LogP contribution in [0.1, 0.15) is 15.9 Å². The van der Waals surface area contributed by atoms with Crippen LogP contribution in [-0.2, 0) is 10.0 Å². The maximum Gasteiger partial charge on any atom is 0.518 e. The van der Waals surface area contributed by atoms with Gasteiger partial charge < -0.3 is 9.84 Å². The number of carbonyl (C=O) groups is 1. The summed E-state index contributed by atoms with van der Waals surface area (Å²) in [4.78, 5) is 12.5. The van der Waals surface area contributed by atoms with Crippen molar-refractivity contribution in [3.05, 3.63) is 58.2 Å². The summed E-state index contributed by atoms with van der Waals surface area (Å²) in [7, 11) is -5.98. The van der Waals surface area contributed by atoms with Crippen LogP contribution in [0.15, 0.2) is 40.8 Å². The molecule has 28 heavy (non-hydrogen) atoms. The van der Waals surface area contributed by atoms with Gasteiger partial charge in [0.2, 0.25) is 0 Å². The first-order valence-corrected chi connectivity index (χ1v) is 11.6. The molecule has 0 aliphatic heterocycles. The summed E-state index contributed by atoms with van der Waals surface area (Å²) in [5.74, 6) is -2.52. The van der Waals surface area contributed by atoms with Crippen LogP contribution >= 0.6 is 67.8 Å². The Bertz CT molecular complexity index is 1070. The molecule has 13 heteroatoms. The molecule has 0 aliphatic rings. The predicted molar refractivity (Wildman–Crippen MR) is 118 cm³/mol. The van der Waals surface area contributed by atoms with Crippen molar-refractivity contribution >= 4 is 89.7 Å². The largest absolute Gasteiger partial charge is 0.858 e. The second-order valence-electron chi connectivity index (χ2n) is 4.95. The molecular weight excluding hydrogens is 744 g/mol. The average Bonchev–Trinajstić information content (AvgIpc) is 2.57. The smallest absolute Gasteiger partial charge is 0.518 e. The van der Waals surface area contributed by atoms with E-state index in [1.165, 1.54) is 12.1 Å². The lowest BCUT2D eigenvalue weighted by atomic mass is 10.2. The maximum atomic E-state index is 12.5. The fourth-order valence-corrected chi connectivity index (χ4v) is 4.53. The highest BCUT2D eigenvalue weighted by Gasteiger charge is 2.45. The molecule has 0 unspecified atom stereocenters. The minimum absolute atomic E-state index is 0.152. The first kappa shape index (κ1) is 23.6. The molecule has 0 aliphatic carbocycles. The van der Waals surface area contributed by atoms with Gasteiger partial charge in [0.15, 0.2) is 0 Å². The topological polar surface area (TPSA) is 95.9 Å². The number of hydrogen-bond acceptors (Lipinski definition) is 5. The van der Waals surface area contributed by atoms with E-state index >= 15 is 0 Å². The lowest BCUT2D eigenvalue weighted by molar-refractivity contribution is -0.212. The van der Waals surface area contributed by atoms with E-state index in [1.807, 2.05) is 73.8 Å². The monoisotopic (exact) mass is 750 g/mol. The first-order valence-electron chi connectivity index (χ1n) is 6.88. The third-order valence-electron chi connectivity index (χ3n) is 3.04. The number of nitrogens with zero attached hydrogens (tertiary/aromatic N) is 1. The Labute approximate surface area is 198 Å². The molecule has 0 amide bonds. The highest BCUT2D eigenvalue weighted by molar-refractivity contribution is 14.1. The lowest BCUT2D eigenvalue weighted by Crippen LogP contribution is -2.27. The molecular formula is C15H6F3I3NO5S-. The number of rotatable bonds is 4. The van der Waals surface area contributed by atoms with Crippen LogP contribution in [0.2, 0.25) is 0 Å². The zero-order chi connectivity index (χ0) is 21.3. The number of alkyl halides is 3. The number of ether oxygens (including phenoxy) is 1. The Morgan fingerprint density at radius 1 is 1.07 bits per heavy atom. The second kappa shape index (κ2) is 8.99. The molecule has 2 aromatic rings. The number of halogens is 6. The van der Waals surface area contributed by atoms with Crippen LogP contribution in [0.25, 0.3) is 0 Å². The molecule has 0 atom stereocenters. The Balaban J connectivity index is 2.35. The van der Waals surface area contributed by atoms with Gasteiger partial charge in [0.1, 0.15) is 5.75 Å². The Morgan fingerprint density at radius 3 is 2.29 bits per heavy atom. The van der Waals surface area contributed by atoms with Crippen LogP contribution in [0.3, 0.4) is 0 Å². The van der Waals surface area contributed by atoms with E-state index < -0.39 is 33.0 Å². The molecule has 0 spiro atoms. The van der Waals surface area contributed by atoms with Crippen molar-refractivity contribution in [2.45, 2.75) is 5.51 Å². The number of esters is 1. The van der Waals surface area contributed by atoms with Crippen LogP contribution in [0.4, 0.5) is 13.2 Å². The van der Waals surface area contributed by atoms with Gasteiger partial charge in [-0.25, -0.2) is 4.79 Å². The minimum atomic E-state index is -5.98. The van der Waals surface area contributed by atoms with E-state index in [9.17, 15) is 31.5 Å². The first-order chi connectivity index (χ1) is 12.8. The van der Waals surface area contributed by atoms with Gasteiger partial charge in [-0.1, -0.05) is 12.1 Å². The van der Waals surface area contributed by atoms with Crippen molar-refractivity contribution in [3.8, 4) is 5.75 Å². The van der Waals surface area contributed by atoms with E-state index in [0.717, 1.165) is 15.7 Å². The predicted octanol–water partition coefficient (Wildman–Crippen LogP) is 3.68. The van der Waals surface area contributed by atoms with Crippen molar-refractivity contribution in [2.75, 3.05) is 0 Å². The molecule has 0 bridgehead atoms. The maximum absolute atomic E-state index is 12.5. The molecule has 0 saturated heterocycles. The molecule has 6 nitrogen and oxygen atoms in total.